The van der Waals surface area contributed by atoms with Gasteiger partial charge in [-0.15, -0.1) is 0 Å². The Morgan fingerprint density at radius 3 is 2.67 bits per heavy atom. The van der Waals surface area contributed by atoms with E-state index in [-0.39, 0.29) is 23.4 Å². The summed E-state index contributed by atoms with van der Waals surface area (Å²) in [5, 5.41) is 12.5. The van der Waals surface area contributed by atoms with E-state index in [1.54, 1.807) is 24.3 Å². The molecule has 0 saturated heterocycles. The molecule has 6 nitrogen and oxygen atoms in total. The summed E-state index contributed by atoms with van der Waals surface area (Å²) in [6, 6.07) is 6.38. The van der Waals surface area contributed by atoms with Gasteiger partial charge < -0.3 is 15.4 Å². The number of rotatable bonds is 3. The molecule has 2 aromatic rings. The number of aliphatic hydroxyl groups is 1. The van der Waals surface area contributed by atoms with Crippen molar-refractivity contribution < 1.29 is 9.90 Å². The van der Waals surface area contributed by atoms with Gasteiger partial charge in [-0.2, -0.15) is 0 Å². The molecule has 0 spiro atoms. The fourth-order valence-corrected chi connectivity index (χ4v) is 1.96. The molecule has 21 heavy (non-hydrogen) atoms. The van der Waals surface area contributed by atoms with Crippen LogP contribution in [0.25, 0.3) is 10.9 Å². The number of nitrogens with zero attached hydrogens (tertiary/aromatic N) is 1. The molecule has 0 saturated carbocycles. The molecule has 0 aliphatic heterocycles. The van der Waals surface area contributed by atoms with Crippen molar-refractivity contribution in [1.29, 1.82) is 0 Å². The molecule has 3 N–H and O–H groups in total. The van der Waals surface area contributed by atoms with Gasteiger partial charge in [0, 0.05) is 0 Å². The minimum Gasteiger partial charge on any atom is -0.394 e. The summed E-state index contributed by atoms with van der Waals surface area (Å²) >= 11 is 0. The number of aromatic nitrogens is 2. The smallest absolute Gasteiger partial charge is 0.287 e. The lowest BCUT2D eigenvalue weighted by molar-refractivity contribution is 0.0838. The lowest BCUT2D eigenvalue weighted by atomic mass is 9.87. The van der Waals surface area contributed by atoms with Crippen LogP contribution in [0.3, 0.4) is 0 Å². The third-order valence-electron chi connectivity index (χ3n) is 3.36. The number of carbonyl (C=O) groups is 1. The molecule has 0 radical (unpaired) electrons. The van der Waals surface area contributed by atoms with Gasteiger partial charge in [-0.3, -0.25) is 9.59 Å². The fraction of sp³-hybridized carbons (Fsp3) is 0.400. The molecule has 1 amide bonds. The van der Waals surface area contributed by atoms with Crippen molar-refractivity contribution in [3.8, 4) is 0 Å². The number of fused-ring (bicyclic) bond motifs is 1. The molecule has 0 fully saturated rings. The summed E-state index contributed by atoms with van der Waals surface area (Å²) in [5.74, 6) is -0.562. The maximum absolute atomic E-state index is 12.2. The number of para-hydroxylation sites is 1. The minimum absolute atomic E-state index is 0.0543. The third-order valence-corrected chi connectivity index (χ3v) is 3.36. The number of aromatic amines is 1. The summed E-state index contributed by atoms with van der Waals surface area (Å²) in [7, 11) is 0. The van der Waals surface area contributed by atoms with Crippen molar-refractivity contribution in [1.82, 2.24) is 15.3 Å². The minimum atomic E-state index is -0.508. The second-order valence-electron chi connectivity index (χ2n) is 6.01. The molecule has 6 heteroatoms. The first-order valence-corrected chi connectivity index (χ1v) is 6.73. The van der Waals surface area contributed by atoms with E-state index in [1.807, 2.05) is 20.8 Å². The van der Waals surface area contributed by atoms with Gasteiger partial charge in [0.1, 0.15) is 0 Å². The SMILES string of the molecule is CC(C)(C)[C@@H](CO)NC(=O)c1nc2ccccc2c(=O)[nH]1. The van der Waals surface area contributed by atoms with Crippen LogP contribution in [-0.2, 0) is 0 Å². The van der Waals surface area contributed by atoms with Crippen LogP contribution in [0.5, 0.6) is 0 Å². The van der Waals surface area contributed by atoms with E-state index < -0.39 is 11.9 Å². The van der Waals surface area contributed by atoms with Crippen molar-refractivity contribution in [3.63, 3.8) is 0 Å². The molecule has 0 bridgehead atoms. The van der Waals surface area contributed by atoms with Crippen molar-refractivity contribution in [2.24, 2.45) is 5.41 Å². The Morgan fingerprint density at radius 2 is 2.05 bits per heavy atom. The first-order valence-electron chi connectivity index (χ1n) is 6.73. The zero-order valence-corrected chi connectivity index (χ0v) is 12.3. The van der Waals surface area contributed by atoms with Gasteiger partial charge in [-0.1, -0.05) is 32.9 Å². The lowest BCUT2D eigenvalue weighted by Gasteiger charge is -2.29. The van der Waals surface area contributed by atoms with Crippen LogP contribution in [-0.4, -0.2) is 33.6 Å². The summed E-state index contributed by atoms with van der Waals surface area (Å²) < 4.78 is 0. The van der Waals surface area contributed by atoms with E-state index >= 15 is 0 Å². The van der Waals surface area contributed by atoms with Gasteiger partial charge in [-0.25, -0.2) is 4.98 Å². The van der Waals surface area contributed by atoms with Crippen molar-refractivity contribution in [3.05, 3.63) is 40.4 Å². The van der Waals surface area contributed by atoms with Crippen molar-refractivity contribution in [2.45, 2.75) is 26.8 Å². The molecule has 0 aliphatic rings. The highest BCUT2D eigenvalue weighted by Crippen LogP contribution is 2.19. The van der Waals surface area contributed by atoms with Gasteiger partial charge in [0.15, 0.2) is 5.82 Å². The normalized spacial score (nSPS) is 13.1. The van der Waals surface area contributed by atoms with Crippen LogP contribution >= 0.6 is 0 Å². The van der Waals surface area contributed by atoms with Crippen LogP contribution < -0.4 is 10.9 Å². The van der Waals surface area contributed by atoms with Crippen LogP contribution in [0.1, 0.15) is 31.4 Å². The van der Waals surface area contributed by atoms with E-state index in [2.05, 4.69) is 15.3 Å². The van der Waals surface area contributed by atoms with E-state index in [0.717, 1.165) is 0 Å². The predicted octanol–water partition coefficient (Wildman–Crippen LogP) is 1.06. The van der Waals surface area contributed by atoms with Gasteiger partial charge >= 0.3 is 0 Å². The van der Waals surface area contributed by atoms with Crippen LogP contribution in [0.4, 0.5) is 0 Å². The topological polar surface area (TPSA) is 95.1 Å². The second kappa shape index (κ2) is 5.65. The van der Waals surface area contributed by atoms with Gasteiger partial charge in [-0.05, 0) is 17.5 Å². The molecular weight excluding hydrogens is 270 g/mol. The van der Waals surface area contributed by atoms with Crippen molar-refractivity contribution in [2.75, 3.05) is 6.61 Å². The molecule has 1 atom stereocenters. The average Bonchev–Trinajstić information content (AvgIpc) is 2.43. The van der Waals surface area contributed by atoms with Crippen LogP contribution in [0, 0.1) is 5.41 Å². The first-order chi connectivity index (χ1) is 9.82. The maximum Gasteiger partial charge on any atom is 0.287 e. The Kier molecular flexibility index (Phi) is 4.09. The molecule has 0 unspecified atom stereocenters. The van der Waals surface area contributed by atoms with Crippen LogP contribution in [0.2, 0.25) is 0 Å². The van der Waals surface area contributed by atoms with Crippen molar-refractivity contribution >= 4 is 16.8 Å². The van der Waals surface area contributed by atoms with E-state index in [1.165, 1.54) is 0 Å². The Hall–Kier alpha value is -2.21. The molecule has 1 aromatic heterocycles. The zero-order chi connectivity index (χ0) is 15.6. The number of H-pyrrole nitrogens is 1. The maximum atomic E-state index is 12.2. The number of hydrogen-bond acceptors (Lipinski definition) is 4. The number of hydrogen-bond donors (Lipinski definition) is 3. The third kappa shape index (κ3) is 3.28. The fourth-order valence-electron chi connectivity index (χ4n) is 1.96. The van der Waals surface area contributed by atoms with Gasteiger partial charge in [0.05, 0.1) is 23.6 Å². The van der Waals surface area contributed by atoms with Crippen LogP contribution in [0.15, 0.2) is 29.1 Å². The highest BCUT2D eigenvalue weighted by molar-refractivity contribution is 5.92. The average molecular weight is 289 g/mol. The Balaban J connectivity index is 2.34. The highest BCUT2D eigenvalue weighted by atomic mass is 16.3. The number of aliphatic hydroxyl groups excluding tert-OH is 1. The second-order valence-corrected chi connectivity index (χ2v) is 6.01. The standard InChI is InChI=1S/C15H19N3O3/c1-15(2,3)11(8-19)17-14(21)12-16-10-7-5-4-6-9(10)13(20)18-12/h4-7,11,19H,8H2,1-3H3,(H,17,21)(H,16,18,20)/t11-/m1/s1. The summed E-state index contributed by atoms with van der Waals surface area (Å²) in [4.78, 5) is 30.8. The number of benzene rings is 1. The molecule has 2 rings (SSSR count). The molecular formula is C15H19N3O3. The lowest BCUT2D eigenvalue weighted by Crippen LogP contribution is -2.46. The molecule has 112 valence electrons. The quantitative estimate of drug-likeness (QED) is 0.787. The van der Waals surface area contributed by atoms with E-state index in [9.17, 15) is 14.7 Å². The highest BCUT2D eigenvalue weighted by Gasteiger charge is 2.26. The summed E-state index contributed by atoms with van der Waals surface area (Å²) in [5.41, 5.74) is -0.202. The van der Waals surface area contributed by atoms with E-state index in [0.29, 0.717) is 10.9 Å². The molecule has 0 aliphatic carbocycles. The Bertz CT molecular complexity index is 716. The molecule has 1 aromatic carbocycles. The summed E-state index contributed by atoms with van der Waals surface area (Å²) in [6.45, 7) is 5.53. The number of nitrogens with one attached hydrogen (secondary N) is 2. The predicted molar refractivity (Wildman–Crippen MR) is 80.2 cm³/mol. The first kappa shape index (κ1) is 15.2. The monoisotopic (exact) mass is 289 g/mol. The van der Waals surface area contributed by atoms with E-state index in [4.69, 9.17) is 0 Å². The van der Waals surface area contributed by atoms with Gasteiger partial charge in [0.25, 0.3) is 11.5 Å². The Labute approximate surface area is 122 Å². The summed E-state index contributed by atoms with van der Waals surface area (Å²) in [6.07, 6.45) is 0. The number of carbonyl (C=O) groups excluding carboxylic acids is 1. The zero-order valence-electron chi connectivity index (χ0n) is 12.3. The number of amides is 1. The largest absolute Gasteiger partial charge is 0.394 e. The Morgan fingerprint density at radius 1 is 1.38 bits per heavy atom. The molecule has 1 heterocycles. The van der Waals surface area contributed by atoms with Gasteiger partial charge in [0.2, 0.25) is 0 Å².